The van der Waals surface area contributed by atoms with Crippen molar-refractivity contribution < 1.29 is 5.11 Å². The average Bonchev–Trinajstić information content (AvgIpc) is 2.44. The molecule has 0 aliphatic rings. The van der Waals surface area contributed by atoms with Crippen LogP contribution < -0.4 is 0 Å². The number of hydrogen-bond donors (Lipinski definition) is 1. The van der Waals surface area contributed by atoms with E-state index in [4.69, 9.17) is 11.6 Å². The fourth-order valence-corrected chi connectivity index (χ4v) is 2.26. The molecule has 3 nitrogen and oxygen atoms in total. The van der Waals surface area contributed by atoms with Crippen LogP contribution in [0.15, 0.2) is 0 Å². The molecule has 1 N–H and O–H groups in total. The molecule has 1 atom stereocenters. The van der Waals surface area contributed by atoms with Crippen LogP contribution in [0.2, 0.25) is 5.02 Å². The Labute approximate surface area is 102 Å². The predicted octanol–water partition coefficient (Wildman–Crippen LogP) is 2.59. The summed E-state index contributed by atoms with van der Waals surface area (Å²) >= 11 is 6.22. The maximum atomic E-state index is 9.90. The molecule has 0 aliphatic carbocycles. The standard InChI is InChI=1S/C12H21ClN2O/c1-5-10-12(13)11(15(4)14-10)7-9(16)6-8(2)3/h8-9,16H,5-7H2,1-4H3. The topological polar surface area (TPSA) is 38.0 Å². The minimum Gasteiger partial charge on any atom is -0.393 e. The zero-order valence-electron chi connectivity index (χ0n) is 10.5. The van der Waals surface area contributed by atoms with E-state index in [0.717, 1.165) is 24.2 Å². The first-order chi connectivity index (χ1) is 7.45. The van der Waals surface area contributed by atoms with Gasteiger partial charge >= 0.3 is 0 Å². The Morgan fingerprint density at radius 2 is 2.06 bits per heavy atom. The second-order valence-electron chi connectivity index (χ2n) is 4.67. The Kier molecular flexibility index (Phi) is 4.81. The maximum absolute atomic E-state index is 9.90. The summed E-state index contributed by atoms with van der Waals surface area (Å²) in [6.45, 7) is 6.24. The Hall–Kier alpha value is -0.540. The van der Waals surface area contributed by atoms with Gasteiger partial charge in [-0.2, -0.15) is 5.10 Å². The number of aliphatic hydroxyl groups is 1. The van der Waals surface area contributed by atoms with Crippen LogP contribution in [0.5, 0.6) is 0 Å². The Balaban J connectivity index is 2.76. The Bertz CT molecular complexity index is 347. The first-order valence-electron chi connectivity index (χ1n) is 5.84. The third kappa shape index (κ3) is 3.22. The molecule has 1 heterocycles. The summed E-state index contributed by atoms with van der Waals surface area (Å²) in [7, 11) is 1.88. The van der Waals surface area contributed by atoms with Gasteiger partial charge in [0.05, 0.1) is 22.5 Å². The molecule has 0 aliphatic heterocycles. The lowest BCUT2D eigenvalue weighted by Gasteiger charge is -2.13. The van der Waals surface area contributed by atoms with E-state index in [9.17, 15) is 5.11 Å². The highest BCUT2D eigenvalue weighted by Gasteiger charge is 2.17. The normalized spacial score (nSPS) is 13.4. The number of aryl methyl sites for hydroxylation is 2. The molecule has 0 aromatic carbocycles. The molecule has 0 spiro atoms. The number of aromatic nitrogens is 2. The summed E-state index contributed by atoms with van der Waals surface area (Å²) in [6, 6.07) is 0. The van der Waals surface area contributed by atoms with E-state index in [-0.39, 0.29) is 6.10 Å². The van der Waals surface area contributed by atoms with Gasteiger partial charge in [0.25, 0.3) is 0 Å². The second kappa shape index (κ2) is 5.69. The van der Waals surface area contributed by atoms with Crippen molar-refractivity contribution in [2.75, 3.05) is 0 Å². The van der Waals surface area contributed by atoms with Gasteiger partial charge in [-0.25, -0.2) is 0 Å². The number of hydrogen-bond acceptors (Lipinski definition) is 2. The van der Waals surface area contributed by atoms with E-state index < -0.39 is 0 Å². The number of aliphatic hydroxyl groups excluding tert-OH is 1. The molecular weight excluding hydrogens is 224 g/mol. The lowest BCUT2D eigenvalue weighted by atomic mass is 10.0. The van der Waals surface area contributed by atoms with E-state index in [1.54, 1.807) is 4.68 Å². The van der Waals surface area contributed by atoms with Crippen molar-refractivity contribution in [3.63, 3.8) is 0 Å². The monoisotopic (exact) mass is 244 g/mol. The molecule has 4 heteroatoms. The third-order valence-corrected chi connectivity index (χ3v) is 3.11. The van der Waals surface area contributed by atoms with E-state index >= 15 is 0 Å². The molecular formula is C12H21ClN2O. The van der Waals surface area contributed by atoms with Gasteiger partial charge in [-0.05, 0) is 18.8 Å². The van der Waals surface area contributed by atoms with Crippen molar-refractivity contribution in [3.8, 4) is 0 Å². The summed E-state index contributed by atoms with van der Waals surface area (Å²) in [5.41, 5.74) is 1.85. The van der Waals surface area contributed by atoms with Crippen molar-refractivity contribution in [1.29, 1.82) is 0 Å². The van der Waals surface area contributed by atoms with Crippen LogP contribution in [0.1, 0.15) is 38.6 Å². The van der Waals surface area contributed by atoms with Crippen LogP contribution in [-0.2, 0) is 19.9 Å². The summed E-state index contributed by atoms with van der Waals surface area (Å²) in [5, 5.41) is 15.0. The number of rotatable bonds is 5. The zero-order valence-corrected chi connectivity index (χ0v) is 11.3. The molecule has 0 bridgehead atoms. The van der Waals surface area contributed by atoms with Gasteiger partial charge < -0.3 is 5.11 Å². The van der Waals surface area contributed by atoms with E-state index in [1.165, 1.54) is 0 Å². The summed E-state index contributed by atoms with van der Waals surface area (Å²) < 4.78 is 1.78. The van der Waals surface area contributed by atoms with Gasteiger partial charge in [-0.15, -0.1) is 0 Å². The molecule has 0 saturated heterocycles. The van der Waals surface area contributed by atoms with Crippen LogP contribution in [0.4, 0.5) is 0 Å². The highest BCUT2D eigenvalue weighted by Crippen LogP contribution is 2.23. The van der Waals surface area contributed by atoms with Crippen LogP contribution in [0.3, 0.4) is 0 Å². The lowest BCUT2D eigenvalue weighted by molar-refractivity contribution is 0.147. The number of halogens is 1. The van der Waals surface area contributed by atoms with Crippen molar-refractivity contribution in [2.24, 2.45) is 13.0 Å². The zero-order chi connectivity index (χ0) is 12.3. The van der Waals surface area contributed by atoms with Crippen molar-refractivity contribution in [2.45, 2.75) is 46.1 Å². The molecule has 0 saturated carbocycles. The molecule has 1 aromatic heterocycles. The van der Waals surface area contributed by atoms with Gasteiger partial charge in [0, 0.05) is 13.5 Å². The SMILES string of the molecule is CCc1nn(C)c(CC(O)CC(C)C)c1Cl. The fraction of sp³-hybridized carbons (Fsp3) is 0.750. The van der Waals surface area contributed by atoms with Gasteiger partial charge in [-0.3, -0.25) is 4.68 Å². The minimum absolute atomic E-state index is 0.336. The molecule has 0 fully saturated rings. The molecule has 92 valence electrons. The molecule has 16 heavy (non-hydrogen) atoms. The second-order valence-corrected chi connectivity index (χ2v) is 5.05. The molecule has 0 amide bonds. The average molecular weight is 245 g/mol. The summed E-state index contributed by atoms with van der Waals surface area (Å²) in [6.07, 6.45) is 1.87. The lowest BCUT2D eigenvalue weighted by Crippen LogP contribution is -2.15. The fourth-order valence-electron chi connectivity index (χ4n) is 1.89. The highest BCUT2D eigenvalue weighted by atomic mass is 35.5. The molecule has 1 unspecified atom stereocenters. The van der Waals surface area contributed by atoms with Crippen LogP contribution >= 0.6 is 11.6 Å². The van der Waals surface area contributed by atoms with Crippen LogP contribution in [0, 0.1) is 5.92 Å². The molecule has 1 aromatic rings. The van der Waals surface area contributed by atoms with Crippen LogP contribution in [0.25, 0.3) is 0 Å². The Morgan fingerprint density at radius 1 is 1.44 bits per heavy atom. The first-order valence-corrected chi connectivity index (χ1v) is 6.21. The number of nitrogens with zero attached hydrogens (tertiary/aromatic N) is 2. The summed E-state index contributed by atoms with van der Waals surface area (Å²) in [4.78, 5) is 0. The first kappa shape index (κ1) is 13.5. The predicted molar refractivity (Wildman–Crippen MR) is 66.8 cm³/mol. The van der Waals surface area contributed by atoms with E-state index in [1.807, 2.05) is 14.0 Å². The van der Waals surface area contributed by atoms with Crippen molar-refractivity contribution >= 4 is 11.6 Å². The molecule has 0 radical (unpaired) electrons. The van der Waals surface area contributed by atoms with Crippen molar-refractivity contribution in [3.05, 3.63) is 16.4 Å². The maximum Gasteiger partial charge on any atom is 0.0850 e. The van der Waals surface area contributed by atoms with Crippen LogP contribution in [-0.4, -0.2) is 21.0 Å². The highest BCUT2D eigenvalue weighted by molar-refractivity contribution is 6.31. The molecule has 1 rings (SSSR count). The quantitative estimate of drug-likeness (QED) is 0.865. The van der Waals surface area contributed by atoms with E-state index in [0.29, 0.717) is 17.4 Å². The minimum atomic E-state index is -0.336. The largest absolute Gasteiger partial charge is 0.393 e. The van der Waals surface area contributed by atoms with E-state index in [2.05, 4.69) is 18.9 Å². The summed E-state index contributed by atoms with van der Waals surface area (Å²) in [5.74, 6) is 0.493. The smallest absolute Gasteiger partial charge is 0.0850 e. The van der Waals surface area contributed by atoms with Gasteiger partial charge in [-0.1, -0.05) is 32.4 Å². The van der Waals surface area contributed by atoms with Gasteiger partial charge in [0.1, 0.15) is 0 Å². The van der Waals surface area contributed by atoms with Crippen molar-refractivity contribution in [1.82, 2.24) is 9.78 Å². The van der Waals surface area contributed by atoms with Gasteiger partial charge in [0.2, 0.25) is 0 Å². The third-order valence-electron chi connectivity index (χ3n) is 2.68. The van der Waals surface area contributed by atoms with Gasteiger partial charge in [0.15, 0.2) is 0 Å². The Morgan fingerprint density at radius 3 is 2.50 bits per heavy atom.